The second kappa shape index (κ2) is 4.93. The number of aliphatic hydroxyl groups excluding tert-OH is 1. The lowest BCUT2D eigenvalue weighted by molar-refractivity contribution is -0.143. The van der Waals surface area contributed by atoms with Gasteiger partial charge in [-0.05, 0) is 43.9 Å². The van der Waals surface area contributed by atoms with E-state index in [1.165, 1.54) is 0 Å². The quantitative estimate of drug-likeness (QED) is 0.480. The highest BCUT2D eigenvalue weighted by Gasteiger charge is 2.76. The lowest BCUT2D eigenvalue weighted by Gasteiger charge is -2.36. The molecule has 2 saturated carbocycles. The van der Waals surface area contributed by atoms with Crippen molar-refractivity contribution in [2.75, 3.05) is 0 Å². The Hall–Kier alpha value is -1.71. The zero-order valence-electron chi connectivity index (χ0n) is 16.0. The van der Waals surface area contributed by atoms with E-state index in [0.29, 0.717) is 12.8 Å². The molecule has 1 N–H and O–H groups in total. The van der Waals surface area contributed by atoms with Gasteiger partial charge in [0.25, 0.3) is 0 Å². The van der Waals surface area contributed by atoms with Gasteiger partial charge in [0.2, 0.25) is 0 Å². The zero-order valence-corrected chi connectivity index (χ0v) is 16.0. The minimum absolute atomic E-state index is 0.0664. The SMILES string of the molecule is C=C(C)[C@@H]1C[C@]23C(=O)[C@](C)(C[C@H]2C1(C)C)C(=O)C(C(=O)C(C)C)=C3O. The molecule has 0 aromatic rings. The molecule has 0 radical (unpaired) electrons. The molecule has 3 aliphatic rings. The molecule has 0 heterocycles. The third-order valence-electron chi connectivity index (χ3n) is 7.19. The van der Waals surface area contributed by atoms with Gasteiger partial charge in [0.05, 0.1) is 10.8 Å². The summed E-state index contributed by atoms with van der Waals surface area (Å²) < 4.78 is 0. The van der Waals surface area contributed by atoms with Crippen molar-refractivity contribution in [2.45, 2.75) is 54.4 Å². The van der Waals surface area contributed by atoms with Crippen LogP contribution in [0.2, 0.25) is 0 Å². The van der Waals surface area contributed by atoms with Crippen molar-refractivity contribution in [3.63, 3.8) is 0 Å². The van der Waals surface area contributed by atoms with Crippen LogP contribution in [0.25, 0.3) is 0 Å². The normalized spacial score (nSPS) is 39.2. The Kier molecular flexibility index (Phi) is 3.56. The Morgan fingerprint density at radius 2 is 1.76 bits per heavy atom. The van der Waals surface area contributed by atoms with E-state index in [-0.39, 0.29) is 40.1 Å². The molecule has 25 heavy (non-hydrogen) atoms. The third-order valence-corrected chi connectivity index (χ3v) is 7.19. The van der Waals surface area contributed by atoms with Crippen LogP contribution in [0.15, 0.2) is 23.5 Å². The number of aliphatic hydroxyl groups is 1. The predicted octanol–water partition coefficient (Wildman–Crippen LogP) is 3.81. The number of ketones is 3. The first-order valence-corrected chi connectivity index (χ1v) is 9.06. The molecule has 0 aromatic heterocycles. The van der Waals surface area contributed by atoms with Gasteiger partial charge in [-0.15, -0.1) is 0 Å². The summed E-state index contributed by atoms with van der Waals surface area (Å²) in [6.07, 6.45) is 0.822. The predicted molar refractivity (Wildman–Crippen MR) is 94.9 cm³/mol. The second-order valence-corrected chi connectivity index (χ2v) is 9.39. The van der Waals surface area contributed by atoms with Crippen LogP contribution in [0.3, 0.4) is 0 Å². The van der Waals surface area contributed by atoms with Crippen LogP contribution in [0.5, 0.6) is 0 Å². The molecule has 2 bridgehead atoms. The molecular weight excluding hydrogens is 316 g/mol. The summed E-state index contributed by atoms with van der Waals surface area (Å²) in [4.78, 5) is 39.1. The van der Waals surface area contributed by atoms with Gasteiger partial charge >= 0.3 is 0 Å². The number of carbonyl (C=O) groups is 3. The van der Waals surface area contributed by atoms with Crippen LogP contribution >= 0.6 is 0 Å². The van der Waals surface area contributed by atoms with Gasteiger partial charge in [-0.25, -0.2) is 0 Å². The summed E-state index contributed by atoms with van der Waals surface area (Å²) in [5.74, 6) is -1.83. The van der Waals surface area contributed by atoms with E-state index < -0.39 is 22.5 Å². The summed E-state index contributed by atoms with van der Waals surface area (Å²) in [5, 5.41) is 11.1. The zero-order chi connectivity index (χ0) is 19.1. The average molecular weight is 344 g/mol. The monoisotopic (exact) mass is 344 g/mol. The average Bonchev–Trinajstić information content (AvgIpc) is 2.85. The fourth-order valence-corrected chi connectivity index (χ4v) is 5.78. The lowest BCUT2D eigenvalue weighted by Crippen LogP contribution is -2.48. The first kappa shape index (κ1) is 18.1. The summed E-state index contributed by atoms with van der Waals surface area (Å²) in [6, 6.07) is 0. The molecule has 0 saturated heterocycles. The highest BCUT2D eigenvalue weighted by molar-refractivity contribution is 6.32. The van der Waals surface area contributed by atoms with Crippen LogP contribution in [0, 0.1) is 34.0 Å². The third kappa shape index (κ3) is 1.86. The van der Waals surface area contributed by atoms with E-state index in [0.717, 1.165) is 5.57 Å². The second-order valence-electron chi connectivity index (χ2n) is 9.39. The van der Waals surface area contributed by atoms with Crippen molar-refractivity contribution < 1.29 is 19.5 Å². The van der Waals surface area contributed by atoms with Crippen LogP contribution in [-0.2, 0) is 14.4 Å². The van der Waals surface area contributed by atoms with E-state index in [4.69, 9.17) is 0 Å². The van der Waals surface area contributed by atoms with Gasteiger partial charge in [0, 0.05) is 5.92 Å². The number of carbonyl (C=O) groups excluding carboxylic acids is 3. The highest BCUT2D eigenvalue weighted by Crippen LogP contribution is 2.72. The van der Waals surface area contributed by atoms with Crippen LogP contribution in [0.4, 0.5) is 0 Å². The smallest absolute Gasteiger partial charge is 0.183 e. The molecule has 2 fully saturated rings. The standard InChI is InChI=1S/C21H28O4/c1-10(2)12-8-21-13(19(12,5)6)9-20(7,18(21)25)16(23)14(17(21)24)15(22)11(3)4/h11-13,24H,1,8-9H2,2-7H3/t12-,13-,20+,21-/m0/s1. The first-order valence-electron chi connectivity index (χ1n) is 9.06. The first-order chi connectivity index (χ1) is 11.3. The van der Waals surface area contributed by atoms with Gasteiger partial charge in [-0.3, -0.25) is 14.4 Å². The van der Waals surface area contributed by atoms with Gasteiger partial charge in [-0.1, -0.05) is 39.8 Å². The van der Waals surface area contributed by atoms with Crippen molar-refractivity contribution in [3.05, 3.63) is 23.5 Å². The number of hydrogen-bond acceptors (Lipinski definition) is 4. The van der Waals surface area contributed by atoms with Crippen molar-refractivity contribution in [2.24, 2.45) is 34.0 Å². The van der Waals surface area contributed by atoms with Gasteiger partial charge in [0.1, 0.15) is 11.3 Å². The topological polar surface area (TPSA) is 71.4 Å². The summed E-state index contributed by atoms with van der Waals surface area (Å²) in [7, 11) is 0. The lowest BCUT2D eigenvalue weighted by atomic mass is 9.65. The van der Waals surface area contributed by atoms with E-state index in [9.17, 15) is 19.5 Å². The molecule has 3 rings (SSSR count). The maximum absolute atomic E-state index is 13.4. The van der Waals surface area contributed by atoms with Crippen molar-refractivity contribution in [1.82, 2.24) is 0 Å². The highest BCUT2D eigenvalue weighted by atomic mass is 16.3. The summed E-state index contributed by atoms with van der Waals surface area (Å²) >= 11 is 0. The van der Waals surface area contributed by atoms with Crippen molar-refractivity contribution >= 4 is 17.3 Å². The van der Waals surface area contributed by atoms with E-state index in [1.807, 2.05) is 6.92 Å². The molecule has 0 amide bonds. The Balaban J connectivity index is 2.31. The Morgan fingerprint density at radius 1 is 1.20 bits per heavy atom. The molecular formula is C21H28O4. The minimum Gasteiger partial charge on any atom is -0.510 e. The van der Waals surface area contributed by atoms with E-state index in [2.05, 4.69) is 20.4 Å². The van der Waals surface area contributed by atoms with Gasteiger partial charge in [0.15, 0.2) is 17.3 Å². The van der Waals surface area contributed by atoms with Gasteiger partial charge < -0.3 is 5.11 Å². The summed E-state index contributed by atoms with van der Waals surface area (Å²) in [6.45, 7) is 15.3. The fourth-order valence-electron chi connectivity index (χ4n) is 5.78. The van der Waals surface area contributed by atoms with Crippen LogP contribution in [0.1, 0.15) is 54.4 Å². The minimum atomic E-state index is -1.20. The van der Waals surface area contributed by atoms with Crippen molar-refractivity contribution in [1.29, 1.82) is 0 Å². The van der Waals surface area contributed by atoms with Crippen LogP contribution in [-0.4, -0.2) is 22.5 Å². The molecule has 4 atom stereocenters. The molecule has 3 aliphatic carbocycles. The maximum atomic E-state index is 13.4. The molecule has 0 aliphatic heterocycles. The molecule has 0 unspecified atom stereocenters. The number of allylic oxidation sites excluding steroid dienone is 3. The number of fused-ring (bicyclic) bond motifs is 1. The number of Topliss-reactive ketones (excluding diaryl/α,β-unsaturated/α-hetero) is 3. The fraction of sp³-hybridized carbons (Fsp3) is 0.667. The molecule has 136 valence electrons. The van der Waals surface area contributed by atoms with Crippen LogP contribution < -0.4 is 0 Å². The Labute approximate surface area is 149 Å². The number of hydrogen-bond donors (Lipinski definition) is 1. The molecule has 4 nitrogen and oxygen atoms in total. The molecule has 0 aromatic carbocycles. The van der Waals surface area contributed by atoms with E-state index in [1.54, 1.807) is 20.8 Å². The van der Waals surface area contributed by atoms with Gasteiger partial charge in [-0.2, -0.15) is 0 Å². The Morgan fingerprint density at radius 3 is 2.24 bits per heavy atom. The number of rotatable bonds is 3. The maximum Gasteiger partial charge on any atom is 0.183 e. The molecule has 4 heteroatoms. The molecule has 1 spiro atoms. The largest absolute Gasteiger partial charge is 0.510 e. The van der Waals surface area contributed by atoms with Crippen molar-refractivity contribution in [3.8, 4) is 0 Å². The summed E-state index contributed by atoms with van der Waals surface area (Å²) in [5.41, 5.74) is -1.74. The Bertz CT molecular complexity index is 754. The van der Waals surface area contributed by atoms with E-state index >= 15 is 0 Å².